The Hall–Kier alpha value is -0.850. The minimum Gasteiger partial charge on any atom is -0.310 e. The lowest BCUT2D eigenvalue weighted by Gasteiger charge is -2.17. The Morgan fingerprint density at radius 2 is 2.11 bits per heavy atom. The first-order chi connectivity index (χ1) is 8.94. The molecule has 0 aliphatic carbocycles. The predicted octanol–water partition coefficient (Wildman–Crippen LogP) is 4.82. The molecule has 1 aromatic rings. The molecule has 1 rings (SSSR count). The number of benzene rings is 1. The van der Waals surface area contributed by atoms with Crippen LogP contribution < -0.4 is 5.32 Å². The van der Waals surface area contributed by atoms with Crippen LogP contribution in [-0.2, 0) is 0 Å². The van der Waals surface area contributed by atoms with Crippen molar-refractivity contribution in [3.05, 3.63) is 34.3 Å². The van der Waals surface area contributed by atoms with Crippen LogP contribution in [0.4, 0.5) is 0 Å². The zero-order valence-corrected chi connectivity index (χ0v) is 13.6. The molecule has 0 radical (unpaired) electrons. The van der Waals surface area contributed by atoms with Crippen molar-refractivity contribution in [2.24, 2.45) is 5.41 Å². The fourth-order valence-electron chi connectivity index (χ4n) is 1.96. The fraction of sp³-hybridized carbons (Fsp3) is 0.562. The number of hydrogen-bond donors (Lipinski definition) is 1. The SMILES string of the molecule is C[C@@H](NCCCCC(C)(C)C#N)c1cccc(Br)c1. The first kappa shape index (κ1) is 16.2. The molecule has 0 fully saturated rings. The molecule has 0 aliphatic rings. The topological polar surface area (TPSA) is 35.8 Å². The summed E-state index contributed by atoms with van der Waals surface area (Å²) in [5.74, 6) is 0. The molecule has 0 amide bonds. The Kier molecular flexibility index (Phi) is 6.54. The minimum absolute atomic E-state index is 0.185. The van der Waals surface area contributed by atoms with Crippen LogP contribution in [0.2, 0.25) is 0 Å². The van der Waals surface area contributed by atoms with Crippen molar-refractivity contribution in [3.8, 4) is 6.07 Å². The van der Waals surface area contributed by atoms with E-state index in [9.17, 15) is 0 Å². The van der Waals surface area contributed by atoms with E-state index in [1.807, 2.05) is 19.9 Å². The first-order valence-corrected chi connectivity index (χ1v) is 7.64. The van der Waals surface area contributed by atoms with E-state index < -0.39 is 0 Å². The van der Waals surface area contributed by atoms with E-state index in [1.54, 1.807) is 0 Å². The number of halogens is 1. The molecular formula is C16H23BrN2. The third kappa shape index (κ3) is 6.22. The van der Waals surface area contributed by atoms with E-state index in [0.29, 0.717) is 6.04 Å². The second-order valence-electron chi connectivity index (χ2n) is 5.68. The molecule has 1 N–H and O–H groups in total. The van der Waals surface area contributed by atoms with Gasteiger partial charge in [0.05, 0.1) is 11.5 Å². The molecule has 19 heavy (non-hydrogen) atoms. The van der Waals surface area contributed by atoms with E-state index in [-0.39, 0.29) is 5.41 Å². The average molecular weight is 323 g/mol. The summed E-state index contributed by atoms with van der Waals surface area (Å²) >= 11 is 3.49. The van der Waals surface area contributed by atoms with Crippen molar-refractivity contribution in [3.63, 3.8) is 0 Å². The maximum absolute atomic E-state index is 8.94. The molecular weight excluding hydrogens is 300 g/mol. The van der Waals surface area contributed by atoms with Crippen LogP contribution in [0.1, 0.15) is 51.6 Å². The average Bonchev–Trinajstić information content (AvgIpc) is 2.38. The molecule has 0 aromatic heterocycles. The van der Waals surface area contributed by atoms with Gasteiger partial charge in [-0.15, -0.1) is 0 Å². The lowest BCUT2D eigenvalue weighted by atomic mass is 9.89. The smallest absolute Gasteiger partial charge is 0.0683 e. The van der Waals surface area contributed by atoms with Gasteiger partial charge in [0.1, 0.15) is 0 Å². The molecule has 0 saturated heterocycles. The van der Waals surface area contributed by atoms with Gasteiger partial charge in [0.25, 0.3) is 0 Å². The van der Waals surface area contributed by atoms with Gasteiger partial charge in [-0.2, -0.15) is 5.26 Å². The van der Waals surface area contributed by atoms with Crippen LogP contribution in [0, 0.1) is 16.7 Å². The van der Waals surface area contributed by atoms with Crippen molar-refractivity contribution in [1.82, 2.24) is 5.32 Å². The third-order valence-electron chi connectivity index (χ3n) is 3.33. The van der Waals surface area contributed by atoms with E-state index in [0.717, 1.165) is 30.3 Å². The van der Waals surface area contributed by atoms with Gasteiger partial charge in [0.2, 0.25) is 0 Å². The summed E-state index contributed by atoms with van der Waals surface area (Å²) in [4.78, 5) is 0. The molecule has 0 bridgehead atoms. The zero-order chi connectivity index (χ0) is 14.3. The Labute approximate surface area is 125 Å². The highest BCUT2D eigenvalue weighted by molar-refractivity contribution is 9.10. The van der Waals surface area contributed by atoms with Crippen LogP contribution in [-0.4, -0.2) is 6.54 Å². The summed E-state index contributed by atoms with van der Waals surface area (Å²) < 4.78 is 1.12. The normalized spacial score (nSPS) is 13.0. The maximum atomic E-state index is 8.94. The summed E-state index contributed by atoms with van der Waals surface area (Å²) in [5.41, 5.74) is 1.11. The van der Waals surface area contributed by atoms with E-state index >= 15 is 0 Å². The lowest BCUT2D eigenvalue weighted by Crippen LogP contribution is -2.20. The van der Waals surface area contributed by atoms with Crippen molar-refractivity contribution in [1.29, 1.82) is 5.26 Å². The van der Waals surface area contributed by atoms with Gasteiger partial charge >= 0.3 is 0 Å². The maximum Gasteiger partial charge on any atom is 0.0683 e. The van der Waals surface area contributed by atoms with Crippen molar-refractivity contribution >= 4 is 15.9 Å². The van der Waals surface area contributed by atoms with E-state index in [2.05, 4.69) is 52.4 Å². The summed E-state index contributed by atoms with van der Waals surface area (Å²) in [7, 11) is 0. The number of unbranched alkanes of at least 4 members (excludes halogenated alkanes) is 1. The zero-order valence-electron chi connectivity index (χ0n) is 12.0. The summed E-state index contributed by atoms with van der Waals surface area (Å²) in [6.07, 6.45) is 3.18. The first-order valence-electron chi connectivity index (χ1n) is 6.85. The Balaban J connectivity index is 2.25. The standard InChI is InChI=1S/C16H23BrN2/c1-13(14-7-6-8-15(17)11-14)19-10-5-4-9-16(2,3)12-18/h6-8,11,13,19H,4-5,9-10H2,1-3H3/t13-/m1/s1. The molecule has 104 valence electrons. The number of nitrogens with one attached hydrogen (secondary N) is 1. The number of rotatable bonds is 7. The van der Waals surface area contributed by atoms with Gasteiger partial charge in [-0.3, -0.25) is 0 Å². The summed E-state index contributed by atoms with van der Waals surface area (Å²) in [6, 6.07) is 11.1. The highest BCUT2D eigenvalue weighted by atomic mass is 79.9. The number of hydrogen-bond acceptors (Lipinski definition) is 2. The molecule has 2 nitrogen and oxygen atoms in total. The molecule has 0 saturated carbocycles. The Morgan fingerprint density at radius 3 is 2.74 bits per heavy atom. The van der Waals surface area contributed by atoms with Crippen LogP contribution in [0.25, 0.3) is 0 Å². The molecule has 3 heteroatoms. The van der Waals surface area contributed by atoms with Gasteiger partial charge in [-0.05, 0) is 57.9 Å². The Morgan fingerprint density at radius 1 is 1.37 bits per heavy atom. The van der Waals surface area contributed by atoms with E-state index in [1.165, 1.54) is 5.56 Å². The summed E-state index contributed by atoms with van der Waals surface area (Å²) in [6.45, 7) is 7.19. The third-order valence-corrected chi connectivity index (χ3v) is 3.82. The highest BCUT2D eigenvalue weighted by Crippen LogP contribution is 2.22. The molecule has 0 unspecified atom stereocenters. The van der Waals surface area contributed by atoms with Gasteiger partial charge < -0.3 is 5.32 Å². The number of nitriles is 1. The number of nitrogens with zero attached hydrogens (tertiary/aromatic N) is 1. The van der Waals surface area contributed by atoms with Crippen LogP contribution >= 0.6 is 15.9 Å². The van der Waals surface area contributed by atoms with Crippen LogP contribution in [0.5, 0.6) is 0 Å². The molecule has 1 aromatic carbocycles. The van der Waals surface area contributed by atoms with Crippen LogP contribution in [0.3, 0.4) is 0 Å². The predicted molar refractivity (Wildman–Crippen MR) is 83.8 cm³/mol. The van der Waals surface area contributed by atoms with Crippen molar-refractivity contribution in [2.75, 3.05) is 6.54 Å². The molecule has 1 atom stereocenters. The largest absolute Gasteiger partial charge is 0.310 e. The van der Waals surface area contributed by atoms with Crippen molar-refractivity contribution in [2.45, 2.75) is 46.1 Å². The van der Waals surface area contributed by atoms with Gasteiger partial charge in [-0.25, -0.2) is 0 Å². The highest BCUT2D eigenvalue weighted by Gasteiger charge is 2.15. The fourth-order valence-corrected chi connectivity index (χ4v) is 2.38. The van der Waals surface area contributed by atoms with Gasteiger partial charge in [0, 0.05) is 10.5 Å². The van der Waals surface area contributed by atoms with Crippen LogP contribution in [0.15, 0.2) is 28.7 Å². The molecule has 0 spiro atoms. The summed E-state index contributed by atoms with van der Waals surface area (Å²) in [5, 5.41) is 12.5. The van der Waals surface area contributed by atoms with Gasteiger partial charge in [-0.1, -0.05) is 34.5 Å². The monoisotopic (exact) mass is 322 g/mol. The van der Waals surface area contributed by atoms with Gasteiger partial charge in [0.15, 0.2) is 0 Å². The minimum atomic E-state index is -0.185. The second kappa shape index (κ2) is 7.67. The van der Waals surface area contributed by atoms with E-state index in [4.69, 9.17) is 5.26 Å². The second-order valence-corrected chi connectivity index (χ2v) is 6.60. The lowest BCUT2D eigenvalue weighted by molar-refractivity contribution is 0.418. The molecule has 0 heterocycles. The van der Waals surface area contributed by atoms with Crippen molar-refractivity contribution < 1.29 is 0 Å². The Bertz CT molecular complexity index is 435. The quantitative estimate of drug-likeness (QED) is 0.730. The molecule has 0 aliphatic heterocycles.